The molecule has 27 heavy (non-hydrogen) atoms. The van der Waals surface area contributed by atoms with Crippen LogP contribution in [0, 0.1) is 0 Å². The van der Waals surface area contributed by atoms with Crippen molar-refractivity contribution < 1.29 is 14.3 Å². The highest BCUT2D eigenvalue weighted by Crippen LogP contribution is 2.10. The zero-order valence-corrected chi connectivity index (χ0v) is 17.1. The van der Waals surface area contributed by atoms with Gasteiger partial charge in [0, 0.05) is 6.54 Å². The summed E-state index contributed by atoms with van der Waals surface area (Å²) in [7, 11) is 0. The van der Waals surface area contributed by atoms with E-state index in [9.17, 15) is 9.59 Å². The molecular weight excluding hydrogens is 340 g/mol. The lowest BCUT2D eigenvalue weighted by Gasteiger charge is -2.07. The second kappa shape index (κ2) is 15.2. The largest absolute Gasteiger partial charge is 0.461 e. The number of rotatable bonds is 15. The van der Waals surface area contributed by atoms with Crippen LogP contribution in [0.5, 0.6) is 0 Å². The topological polar surface area (TPSA) is 68.3 Å². The third-order valence-corrected chi connectivity index (χ3v) is 4.44. The summed E-state index contributed by atoms with van der Waals surface area (Å²) in [6.07, 6.45) is 13.4. The Kier molecular flexibility index (Phi) is 13.0. The quantitative estimate of drug-likeness (QED) is 0.333. The van der Waals surface area contributed by atoms with Crippen molar-refractivity contribution in [1.82, 2.24) is 10.3 Å². The van der Waals surface area contributed by atoms with E-state index in [0.29, 0.717) is 13.2 Å². The van der Waals surface area contributed by atoms with E-state index in [1.165, 1.54) is 51.4 Å². The maximum atomic E-state index is 12.2. The normalized spacial score (nSPS) is 10.6. The van der Waals surface area contributed by atoms with Crippen molar-refractivity contribution in [3.63, 3.8) is 0 Å². The van der Waals surface area contributed by atoms with E-state index in [1.54, 1.807) is 18.2 Å². The van der Waals surface area contributed by atoms with Gasteiger partial charge in [-0.25, -0.2) is 9.78 Å². The molecule has 0 saturated carbocycles. The average Bonchev–Trinajstić information content (AvgIpc) is 2.70. The molecule has 0 atom stereocenters. The van der Waals surface area contributed by atoms with Crippen molar-refractivity contribution in [2.24, 2.45) is 0 Å². The van der Waals surface area contributed by atoms with E-state index in [1.807, 2.05) is 6.92 Å². The number of carbonyl (C=O) groups is 2. The highest BCUT2D eigenvalue weighted by atomic mass is 16.5. The number of aromatic nitrogens is 1. The first-order chi connectivity index (χ1) is 13.2. The smallest absolute Gasteiger partial charge is 0.356 e. The summed E-state index contributed by atoms with van der Waals surface area (Å²) in [6, 6.07) is 4.84. The first-order valence-electron chi connectivity index (χ1n) is 10.6. The van der Waals surface area contributed by atoms with E-state index in [-0.39, 0.29) is 17.3 Å². The van der Waals surface area contributed by atoms with Gasteiger partial charge in [-0.1, -0.05) is 77.7 Å². The molecule has 0 bridgehead atoms. The maximum absolute atomic E-state index is 12.2. The van der Waals surface area contributed by atoms with Crippen molar-refractivity contribution in [2.45, 2.75) is 84.5 Å². The molecule has 5 heteroatoms. The van der Waals surface area contributed by atoms with Crippen molar-refractivity contribution in [3.05, 3.63) is 29.6 Å². The fourth-order valence-corrected chi connectivity index (χ4v) is 2.85. The predicted octanol–water partition coefficient (Wildman–Crippen LogP) is 5.30. The summed E-state index contributed by atoms with van der Waals surface area (Å²) >= 11 is 0. The van der Waals surface area contributed by atoms with Crippen LogP contribution in [-0.4, -0.2) is 30.0 Å². The molecule has 1 aromatic rings. The van der Waals surface area contributed by atoms with Crippen LogP contribution in [0.3, 0.4) is 0 Å². The van der Waals surface area contributed by atoms with Crippen molar-refractivity contribution in [3.8, 4) is 0 Å². The minimum Gasteiger partial charge on any atom is -0.461 e. The SMILES string of the molecule is CCCCCCCCCCCCNC(=O)c1cccc(C(=O)OCCC)n1. The molecule has 0 spiro atoms. The Balaban J connectivity index is 2.15. The lowest BCUT2D eigenvalue weighted by Crippen LogP contribution is -2.26. The summed E-state index contributed by atoms with van der Waals surface area (Å²) in [4.78, 5) is 28.1. The van der Waals surface area contributed by atoms with Crippen LogP contribution in [0.1, 0.15) is 105 Å². The second-order valence-electron chi connectivity index (χ2n) is 6.98. The van der Waals surface area contributed by atoms with Crippen molar-refractivity contribution in [2.75, 3.05) is 13.2 Å². The predicted molar refractivity (Wildman–Crippen MR) is 109 cm³/mol. The van der Waals surface area contributed by atoms with Crippen LogP contribution in [-0.2, 0) is 4.74 Å². The van der Waals surface area contributed by atoms with Gasteiger partial charge in [0.15, 0.2) is 0 Å². The van der Waals surface area contributed by atoms with E-state index in [2.05, 4.69) is 17.2 Å². The van der Waals surface area contributed by atoms with Gasteiger partial charge in [-0.2, -0.15) is 0 Å². The number of esters is 1. The number of carbonyl (C=O) groups excluding carboxylic acids is 2. The molecule has 1 heterocycles. The minimum atomic E-state index is -0.485. The average molecular weight is 377 g/mol. The molecular formula is C22H36N2O3. The molecule has 0 unspecified atom stereocenters. The number of amides is 1. The van der Waals surface area contributed by atoms with E-state index in [0.717, 1.165) is 19.3 Å². The summed E-state index contributed by atoms with van der Waals surface area (Å²) < 4.78 is 5.05. The maximum Gasteiger partial charge on any atom is 0.356 e. The first-order valence-corrected chi connectivity index (χ1v) is 10.6. The molecule has 0 aromatic carbocycles. The summed E-state index contributed by atoms with van der Waals surface area (Å²) in [5.41, 5.74) is 0.433. The molecule has 5 nitrogen and oxygen atoms in total. The van der Waals surface area contributed by atoms with Crippen LogP contribution in [0.15, 0.2) is 18.2 Å². The third kappa shape index (κ3) is 10.7. The van der Waals surface area contributed by atoms with Gasteiger partial charge in [-0.15, -0.1) is 0 Å². The van der Waals surface area contributed by atoms with Gasteiger partial charge in [-0.05, 0) is 25.0 Å². The molecule has 0 saturated heterocycles. The Hall–Kier alpha value is -1.91. The van der Waals surface area contributed by atoms with Gasteiger partial charge >= 0.3 is 5.97 Å². The van der Waals surface area contributed by atoms with Crippen LogP contribution >= 0.6 is 0 Å². The van der Waals surface area contributed by atoms with Crippen molar-refractivity contribution >= 4 is 11.9 Å². The lowest BCUT2D eigenvalue weighted by molar-refractivity contribution is 0.0498. The molecule has 1 rings (SSSR count). The Labute approximate surface area is 164 Å². The summed E-state index contributed by atoms with van der Waals surface area (Å²) in [5, 5.41) is 2.88. The molecule has 0 aliphatic heterocycles. The van der Waals surface area contributed by atoms with E-state index in [4.69, 9.17) is 4.74 Å². The van der Waals surface area contributed by atoms with Crippen LogP contribution in [0.25, 0.3) is 0 Å². The zero-order chi connectivity index (χ0) is 19.7. The fourth-order valence-electron chi connectivity index (χ4n) is 2.85. The summed E-state index contributed by atoms with van der Waals surface area (Å²) in [6.45, 7) is 5.17. The monoisotopic (exact) mass is 376 g/mol. The fraction of sp³-hybridized carbons (Fsp3) is 0.682. The Morgan fingerprint density at radius 2 is 1.44 bits per heavy atom. The summed E-state index contributed by atoms with van der Waals surface area (Å²) in [5.74, 6) is -0.725. The molecule has 0 aliphatic carbocycles. The van der Waals surface area contributed by atoms with Gasteiger partial charge in [0.1, 0.15) is 11.4 Å². The van der Waals surface area contributed by atoms with Gasteiger partial charge < -0.3 is 10.1 Å². The van der Waals surface area contributed by atoms with Gasteiger partial charge in [0.05, 0.1) is 6.61 Å². The Morgan fingerprint density at radius 1 is 0.852 bits per heavy atom. The Morgan fingerprint density at radius 3 is 2.07 bits per heavy atom. The molecule has 1 amide bonds. The van der Waals surface area contributed by atoms with E-state index >= 15 is 0 Å². The van der Waals surface area contributed by atoms with Crippen LogP contribution in [0.4, 0.5) is 0 Å². The molecule has 152 valence electrons. The minimum absolute atomic E-state index is 0.176. The standard InChI is InChI=1S/C22H36N2O3/c1-3-5-6-7-8-9-10-11-12-13-17-23-21(25)19-15-14-16-20(24-19)22(26)27-18-4-2/h14-16H,3-13,17-18H2,1-2H3,(H,23,25). The van der Waals surface area contributed by atoms with E-state index < -0.39 is 5.97 Å². The molecule has 1 aromatic heterocycles. The number of ether oxygens (including phenoxy) is 1. The number of hydrogen-bond acceptors (Lipinski definition) is 4. The highest BCUT2D eigenvalue weighted by molar-refractivity contribution is 5.94. The number of pyridine rings is 1. The number of nitrogens with zero attached hydrogens (tertiary/aromatic N) is 1. The van der Waals surface area contributed by atoms with Gasteiger partial charge in [0.2, 0.25) is 0 Å². The van der Waals surface area contributed by atoms with Gasteiger partial charge in [-0.3, -0.25) is 4.79 Å². The molecule has 0 radical (unpaired) electrons. The zero-order valence-electron chi connectivity index (χ0n) is 17.1. The molecule has 0 aliphatic rings. The van der Waals surface area contributed by atoms with Crippen LogP contribution in [0.2, 0.25) is 0 Å². The first kappa shape index (κ1) is 23.1. The highest BCUT2D eigenvalue weighted by Gasteiger charge is 2.12. The third-order valence-electron chi connectivity index (χ3n) is 4.44. The molecule has 1 N–H and O–H groups in total. The number of nitrogens with one attached hydrogen (secondary N) is 1. The molecule has 0 fully saturated rings. The van der Waals surface area contributed by atoms with Gasteiger partial charge in [0.25, 0.3) is 5.91 Å². The number of unbranched alkanes of at least 4 members (excludes halogenated alkanes) is 9. The van der Waals surface area contributed by atoms with Crippen molar-refractivity contribution in [1.29, 1.82) is 0 Å². The second-order valence-corrected chi connectivity index (χ2v) is 6.98. The lowest BCUT2D eigenvalue weighted by atomic mass is 10.1. The van der Waals surface area contributed by atoms with Crippen LogP contribution < -0.4 is 5.32 Å². The number of hydrogen-bond donors (Lipinski definition) is 1. The Bertz CT molecular complexity index is 546.